The summed E-state index contributed by atoms with van der Waals surface area (Å²) in [5, 5.41) is 12.9. The molecule has 0 bridgehead atoms. The van der Waals surface area contributed by atoms with E-state index in [9.17, 15) is 4.79 Å². The van der Waals surface area contributed by atoms with Crippen molar-refractivity contribution in [2.75, 3.05) is 7.11 Å². The van der Waals surface area contributed by atoms with E-state index in [1.54, 1.807) is 7.11 Å². The Bertz CT molecular complexity index is 1120. The number of amides is 1. The molecule has 3 aromatic rings. The molecule has 1 N–H and O–H groups in total. The maximum absolute atomic E-state index is 12.1. The molecule has 0 radical (unpaired) electrons. The molecule has 4 rings (SSSR count). The molecule has 1 aromatic heterocycles. The smallest absolute Gasteiger partial charge is 0.259 e. The SMILES string of the molecule is COc1cccc(-c2cc(C3=NN(C(C)=O)C(/C(Br)=C/c4ccccc4)O3)[nH]n2)c1. The minimum Gasteiger partial charge on any atom is -0.497 e. The molecule has 7 nitrogen and oxygen atoms in total. The number of methoxy groups -OCH3 is 1. The maximum atomic E-state index is 12.1. The van der Waals surface area contributed by atoms with Gasteiger partial charge in [-0.2, -0.15) is 10.1 Å². The lowest BCUT2D eigenvalue weighted by molar-refractivity contribution is -0.133. The third kappa shape index (κ3) is 4.13. The number of hydrogen-bond donors (Lipinski definition) is 1. The van der Waals surface area contributed by atoms with E-state index in [0.717, 1.165) is 16.9 Å². The van der Waals surface area contributed by atoms with Crippen LogP contribution in [0.3, 0.4) is 0 Å². The minimum absolute atomic E-state index is 0.235. The fourth-order valence-corrected chi connectivity index (χ4v) is 3.55. The van der Waals surface area contributed by atoms with E-state index in [1.165, 1.54) is 11.9 Å². The third-order valence-corrected chi connectivity index (χ3v) is 5.10. The molecule has 1 unspecified atom stereocenters. The van der Waals surface area contributed by atoms with Crippen LogP contribution in [0.15, 0.2) is 70.2 Å². The summed E-state index contributed by atoms with van der Waals surface area (Å²) in [4.78, 5) is 12.1. The first-order valence-corrected chi connectivity index (χ1v) is 10.0. The van der Waals surface area contributed by atoms with Gasteiger partial charge in [0.25, 0.3) is 5.90 Å². The normalized spacial score (nSPS) is 16.2. The molecule has 30 heavy (non-hydrogen) atoms. The van der Waals surface area contributed by atoms with E-state index < -0.39 is 6.23 Å². The monoisotopic (exact) mass is 466 g/mol. The molecule has 1 aliphatic heterocycles. The number of aromatic amines is 1. The number of nitrogens with zero attached hydrogens (tertiary/aromatic N) is 3. The molecular formula is C22H19BrN4O3. The Balaban J connectivity index is 1.60. The van der Waals surface area contributed by atoms with E-state index in [2.05, 4.69) is 31.2 Å². The number of carbonyl (C=O) groups is 1. The van der Waals surface area contributed by atoms with Crippen LogP contribution in [0.25, 0.3) is 17.3 Å². The summed E-state index contributed by atoms with van der Waals surface area (Å²) < 4.78 is 11.9. The molecule has 0 saturated carbocycles. The predicted octanol–water partition coefficient (Wildman–Crippen LogP) is 4.39. The van der Waals surface area contributed by atoms with Crippen LogP contribution in [0.2, 0.25) is 0 Å². The second kappa shape index (κ2) is 8.54. The first-order valence-electron chi connectivity index (χ1n) is 9.22. The number of rotatable bonds is 5. The molecule has 2 heterocycles. The Kier molecular flexibility index (Phi) is 5.67. The minimum atomic E-state index is -0.693. The quantitative estimate of drug-likeness (QED) is 0.604. The molecule has 1 aliphatic rings. The summed E-state index contributed by atoms with van der Waals surface area (Å²) in [5.41, 5.74) is 3.15. The Morgan fingerprint density at radius 3 is 2.73 bits per heavy atom. The van der Waals surface area contributed by atoms with Crippen LogP contribution in [0.1, 0.15) is 18.2 Å². The average Bonchev–Trinajstić information content (AvgIpc) is 3.42. The molecule has 0 saturated heterocycles. The fraction of sp³-hybridized carbons (Fsp3) is 0.136. The molecule has 152 valence electrons. The van der Waals surface area contributed by atoms with E-state index in [4.69, 9.17) is 9.47 Å². The van der Waals surface area contributed by atoms with Gasteiger partial charge in [0.05, 0.1) is 17.3 Å². The molecule has 0 spiro atoms. The summed E-state index contributed by atoms with van der Waals surface area (Å²) >= 11 is 3.54. The van der Waals surface area contributed by atoms with Crippen molar-refractivity contribution in [2.45, 2.75) is 13.2 Å². The van der Waals surface area contributed by atoms with E-state index >= 15 is 0 Å². The molecule has 0 aliphatic carbocycles. The van der Waals surface area contributed by atoms with Gasteiger partial charge in [0.1, 0.15) is 11.4 Å². The van der Waals surface area contributed by atoms with Crippen LogP contribution in [0, 0.1) is 0 Å². The van der Waals surface area contributed by atoms with Crippen molar-refractivity contribution < 1.29 is 14.3 Å². The Hall–Kier alpha value is -3.39. The molecular weight excluding hydrogens is 448 g/mol. The zero-order valence-electron chi connectivity index (χ0n) is 16.4. The average molecular weight is 467 g/mol. The summed E-state index contributed by atoms with van der Waals surface area (Å²) in [6.07, 6.45) is 1.20. The lowest BCUT2D eigenvalue weighted by atomic mass is 10.1. The highest BCUT2D eigenvalue weighted by Crippen LogP contribution is 2.29. The van der Waals surface area contributed by atoms with Crippen molar-refractivity contribution in [3.05, 3.63) is 76.4 Å². The van der Waals surface area contributed by atoms with Gasteiger partial charge in [-0.1, -0.05) is 42.5 Å². The second-order valence-electron chi connectivity index (χ2n) is 6.58. The summed E-state index contributed by atoms with van der Waals surface area (Å²) in [6, 6.07) is 19.2. The van der Waals surface area contributed by atoms with Gasteiger partial charge in [-0.3, -0.25) is 9.89 Å². The number of ether oxygens (including phenoxy) is 2. The van der Waals surface area contributed by atoms with Crippen molar-refractivity contribution in [1.29, 1.82) is 0 Å². The van der Waals surface area contributed by atoms with Crippen LogP contribution in [0.4, 0.5) is 0 Å². The summed E-state index contributed by atoms with van der Waals surface area (Å²) in [5.74, 6) is 0.792. The summed E-state index contributed by atoms with van der Waals surface area (Å²) in [6.45, 7) is 1.44. The van der Waals surface area contributed by atoms with Crippen LogP contribution in [0.5, 0.6) is 5.75 Å². The summed E-state index contributed by atoms with van der Waals surface area (Å²) in [7, 11) is 1.62. The van der Waals surface area contributed by atoms with Gasteiger partial charge in [0.2, 0.25) is 12.1 Å². The van der Waals surface area contributed by atoms with Crippen molar-refractivity contribution in [3.63, 3.8) is 0 Å². The van der Waals surface area contributed by atoms with Gasteiger partial charge >= 0.3 is 0 Å². The number of nitrogens with one attached hydrogen (secondary N) is 1. The second-order valence-corrected chi connectivity index (χ2v) is 7.49. The van der Waals surface area contributed by atoms with Crippen molar-refractivity contribution in [2.24, 2.45) is 5.10 Å². The van der Waals surface area contributed by atoms with Crippen molar-refractivity contribution in [1.82, 2.24) is 15.2 Å². The van der Waals surface area contributed by atoms with Crippen molar-refractivity contribution >= 4 is 33.8 Å². The highest BCUT2D eigenvalue weighted by molar-refractivity contribution is 9.11. The lowest BCUT2D eigenvalue weighted by Gasteiger charge is -2.18. The van der Waals surface area contributed by atoms with Crippen LogP contribution in [-0.4, -0.2) is 40.3 Å². The van der Waals surface area contributed by atoms with Crippen LogP contribution >= 0.6 is 15.9 Å². The first kappa shape index (κ1) is 19.9. The van der Waals surface area contributed by atoms with Gasteiger partial charge in [0.15, 0.2) is 0 Å². The van der Waals surface area contributed by atoms with Gasteiger partial charge < -0.3 is 9.47 Å². The predicted molar refractivity (Wildman–Crippen MR) is 118 cm³/mol. The van der Waals surface area contributed by atoms with E-state index in [-0.39, 0.29) is 11.8 Å². The number of hydrazone groups is 1. The zero-order valence-corrected chi connectivity index (χ0v) is 18.0. The number of halogens is 1. The van der Waals surface area contributed by atoms with Gasteiger partial charge in [-0.15, -0.1) is 5.10 Å². The molecule has 2 aromatic carbocycles. The number of aromatic nitrogens is 2. The van der Waals surface area contributed by atoms with E-state index in [1.807, 2.05) is 66.7 Å². The topological polar surface area (TPSA) is 79.8 Å². The largest absolute Gasteiger partial charge is 0.497 e. The molecule has 1 atom stereocenters. The number of benzene rings is 2. The van der Waals surface area contributed by atoms with Crippen LogP contribution < -0.4 is 4.74 Å². The molecule has 1 amide bonds. The van der Waals surface area contributed by atoms with Gasteiger partial charge in [-0.05, 0) is 45.8 Å². The Labute approximate surface area is 182 Å². The fourth-order valence-electron chi connectivity index (χ4n) is 3.00. The number of H-pyrrole nitrogens is 1. The number of carbonyl (C=O) groups excluding carboxylic acids is 1. The molecule has 0 fully saturated rings. The number of hydrogen-bond acceptors (Lipinski definition) is 5. The Morgan fingerprint density at radius 1 is 1.20 bits per heavy atom. The van der Waals surface area contributed by atoms with Crippen molar-refractivity contribution in [3.8, 4) is 17.0 Å². The first-order chi connectivity index (χ1) is 14.5. The highest BCUT2D eigenvalue weighted by Gasteiger charge is 2.34. The van der Waals surface area contributed by atoms with E-state index in [0.29, 0.717) is 15.9 Å². The Morgan fingerprint density at radius 2 is 2.00 bits per heavy atom. The highest BCUT2D eigenvalue weighted by atomic mass is 79.9. The molecule has 8 heteroatoms. The standard InChI is InChI=1S/C22H19BrN4O3/c1-14(28)27-22(18(23)11-15-7-4-3-5-8-15)30-21(26-27)20-13-19(24-25-20)16-9-6-10-17(12-16)29-2/h3-13,22H,1-2H3,(H,24,25)/b18-11-. The maximum Gasteiger partial charge on any atom is 0.259 e. The van der Waals surface area contributed by atoms with Gasteiger partial charge in [-0.25, -0.2) is 0 Å². The third-order valence-electron chi connectivity index (χ3n) is 4.48. The zero-order chi connectivity index (χ0) is 21.1. The lowest BCUT2D eigenvalue weighted by Crippen LogP contribution is -2.32. The van der Waals surface area contributed by atoms with Crippen LogP contribution in [-0.2, 0) is 9.53 Å². The van der Waals surface area contributed by atoms with Gasteiger partial charge in [0, 0.05) is 12.5 Å².